The summed E-state index contributed by atoms with van der Waals surface area (Å²) in [6.07, 6.45) is 0. The molecule has 0 fully saturated rings. The topological polar surface area (TPSA) is 110 Å². The Morgan fingerprint density at radius 3 is 1.54 bits per heavy atom. The van der Waals surface area contributed by atoms with Gasteiger partial charge in [0.1, 0.15) is 9.15 Å². The SMILES string of the molecule is O=[P+]([O-])O[P+](=O)[O-].OCC(Cl)Cl.[Ca+2]. The van der Waals surface area contributed by atoms with Crippen LogP contribution in [0.4, 0.5) is 0 Å². The Morgan fingerprint density at radius 1 is 1.31 bits per heavy atom. The molecule has 11 heteroatoms. The summed E-state index contributed by atoms with van der Waals surface area (Å²) in [5, 5.41) is 7.88. The van der Waals surface area contributed by atoms with Gasteiger partial charge in [-0.25, -0.2) is 0 Å². The number of hydrogen-bond acceptors (Lipinski definition) is 6. The molecule has 0 aromatic heterocycles. The number of rotatable bonds is 3. The van der Waals surface area contributed by atoms with E-state index in [1.54, 1.807) is 0 Å². The third-order valence-electron chi connectivity index (χ3n) is 0.271. The molecule has 2 unspecified atom stereocenters. The molecule has 0 amide bonds. The second-order valence-corrected chi connectivity index (χ2v) is 3.93. The average molecular weight is 297 g/mol. The predicted octanol–water partition coefficient (Wildman–Crippen LogP) is -0.560. The second kappa shape index (κ2) is 13.9. The number of alkyl halides is 2. The molecule has 72 valence electrons. The average Bonchev–Trinajstić information content (AvgIpc) is 1.85. The van der Waals surface area contributed by atoms with E-state index in [4.69, 9.17) is 28.3 Å². The summed E-state index contributed by atoms with van der Waals surface area (Å²) < 4.78 is 21.6. The van der Waals surface area contributed by atoms with Crippen molar-refractivity contribution in [2.45, 2.75) is 4.84 Å². The molecule has 0 aliphatic carbocycles. The molecule has 0 rings (SSSR count). The molecule has 0 saturated heterocycles. The Hall–Kier alpha value is 1.88. The van der Waals surface area contributed by atoms with Gasteiger partial charge in [-0.2, -0.15) is 0 Å². The van der Waals surface area contributed by atoms with E-state index in [1.165, 1.54) is 0 Å². The van der Waals surface area contributed by atoms with Gasteiger partial charge >= 0.3 is 54.2 Å². The minimum absolute atomic E-state index is 0. The molecule has 0 bridgehead atoms. The molecular weight excluding hydrogens is 293 g/mol. The van der Waals surface area contributed by atoms with Crippen molar-refractivity contribution in [1.29, 1.82) is 0 Å². The van der Waals surface area contributed by atoms with Crippen molar-refractivity contribution in [3.8, 4) is 0 Å². The van der Waals surface area contributed by atoms with E-state index in [9.17, 15) is 18.9 Å². The largest absolute Gasteiger partial charge is 2.00 e. The molecule has 6 nitrogen and oxygen atoms in total. The number of aliphatic hydroxyl groups is 1. The first-order chi connectivity index (χ1) is 5.40. The second-order valence-electron chi connectivity index (χ2n) is 1.10. The zero-order valence-corrected chi connectivity index (χ0v) is 11.6. The van der Waals surface area contributed by atoms with Crippen LogP contribution in [0, 0.1) is 0 Å². The van der Waals surface area contributed by atoms with E-state index in [2.05, 4.69) is 4.31 Å². The van der Waals surface area contributed by atoms with E-state index in [-0.39, 0.29) is 44.3 Å². The van der Waals surface area contributed by atoms with Crippen molar-refractivity contribution in [1.82, 2.24) is 0 Å². The molecule has 13 heavy (non-hydrogen) atoms. The minimum Gasteiger partial charge on any atom is -0.563 e. The zero-order valence-electron chi connectivity index (χ0n) is 6.13. The van der Waals surface area contributed by atoms with Gasteiger partial charge in [-0.3, -0.25) is 0 Å². The number of hydrogen-bond donors (Lipinski definition) is 1. The minimum atomic E-state index is -3.24. The first-order valence-corrected chi connectivity index (χ1v) is 5.32. The maximum absolute atomic E-state index is 9.24. The van der Waals surface area contributed by atoms with Gasteiger partial charge in [0.25, 0.3) is 0 Å². The first-order valence-electron chi connectivity index (χ1n) is 2.26. The molecule has 1 N–H and O–H groups in total. The fourth-order valence-corrected chi connectivity index (χ4v) is 0.490. The van der Waals surface area contributed by atoms with E-state index in [1.807, 2.05) is 0 Å². The summed E-state index contributed by atoms with van der Waals surface area (Å²) in [6.45, 7) is -0.164. The van der Waals surface area contributed by atoms with Crippen LogP contribution in [0.1, 0.15) is 0 Å². The molecule has 0 spiro atoms. The van der Waals surface area contributed by atoms with E-state index >= 15 is 0 Å². The van der Waals surface area contributed by atoms with E-state index < -0.39 is 21.3 Å². The van der Waals surface area contributed by atoms with Gasteiger partial charge in [-0.1, -0.05) is 0 Å². The van der Waals surface area contributed by atoms with Gasteiger partial charge in [0, 0.05) is 0 Å². The standard InChI is InChI=1S/C2H4Cl2O.Ca.O5P2/c3-2(4)1-5;;1-6(2)5-7(3)4/h2,5H,1H2;;/q;+2;. The summed E-state index contributed by atoms with van der Waals surface area (Å²) in [7, 11) is -6.47. The molecule has 0 aliphatic heterocycles. The molecule has 0 radical (unpaired) electrons. The molecule has 0 saturated carbocycles. The maximum atomic E-state index is 9.24. The Labute approximate surface area is 116 Å². The fourth-order valence-electron chi connectivity index (χ4n) is 0.0544. The van der Waals surface area contributed by atoms with Crippen molar-refractivity contribution in [2.24, 2.45) is 0 Å². The van der Waals surface area contributed by atoms with Gasteiger partial charge in [-0.05, 0) is 9.13 Å². The molecule has 0 heterocycles. The molecule has 2 atom stereocenters. The first kappa shape index (κ1) is 20.3. The van der Waals surface area contributed by atoms with Crippen LogP contribution in [0.25, 0.3) is 0 Å². The maximum Gasteiger partial charge on any atom is 2.00 e. The number of halogens is 2. The molecule has 0 aliphatic rings. The van der Waals surface area contributed by atoms with Crippen LogP contribution >= 0.6 is 39.7 Å². The smallest absolute Gasteiger partial charge is 0.563 e. The van der Waals surface area contributed by atoms with Gasteiger partial charge in [0.15, 0.2) is 0 Å². The third-order valence-corrected chi connectivity index (χ3v) is 1.61. The predicted molar refractivity (Wildman–Crippen MR) is 44.6 cm³/mol. The monoisotopic (exact) mass is 296 g/mol. The fraction of sp³-hybridized carbons (Fsp3) is 1.00. The molecule has 0 aromatic rings. The van der Waals surface area contributed by atoms with Crippen molar-refractivity contribution >= 4 is 77.4 Å². The van der Waals surface area contributed by atoms with E-state index in [0.29, 0.717) is 0 Å². The normalized spacial score (nSPS) is 10.9. The van der Waals surface area contributed by atoms with Crippen molar-refractivity contribution in [2.75, 3.05) is 6.61 Å². The zero-order chi connectivity index (χ0) is 10.1. The van der Waals surface area contributed by atoms with Crippen molar-refractivity contribution in [3.63, 3.8) is 0 Å². The molecule has 0 aromatic carbocycles. The van der Waals surface area contributed by atoms with Crippen LogP contribution in [0.2, 0.25) is 0 Å². The van der Waals surface area contributed by atoms with Gasteiger partial charge in [-0.15, -0.1) is 23.2 Å². The van der Waals surface area contributed by atoms with Crippen LogP contribution in [-0.2, 0) is 13.4 Å². The Morgan fingerprint density at radius 2 is 1.54 bits per heavy atom. The van der Waals surface area contributed by atoms with Crippen LogP contribution in [0.15, 0.2) is 0 Å². The van der Waals surface area contributed by atoms with Crippen molar-refractivity contribution in [3.05, 3.63) is 0 Å². The van der Waals surface area contributed by atoms with Crippen LogP contribution in [-0.4, -0.2) is 54.3 Å². The summed E-state index contributed by atoms with van der Waals surface area (Å²) >= 11 is 9.96. The van der Waals surface area contributed by atoms with Gasteiger partial charge < -0.3 is 14.9 Å². The Bertz CT molecular complexity index is 144. The van der Waals surface area contributed by atoms with Crippen LogP contribution in [0.3, 0.4) is 0 Å². The van der Waals surface area contributed by atoms with Gasteiger partial charge in [0.05, 0.1) is 6.61 Å². The third kappa shape index (κ3) is 31.5. The van der Waals surface area contributed by atoms with Gasteiger partial charge in [0.2, 0.25) is 0 Å². The summed E-state index contributed by atoms with van der Waals surface area (Å²) in [5.41, 5.74) is 0. The van der Waals surface area contributed by atoms with Crippen LogP contribution in [0.5, 0.6) is 0 Å². The number of aliphatic hydroxyl groups excluding tert-OH is 1. The van der Waals surface area contributed by atoms with Crippen LogP contribution < -0.4 is 9.79 Å². The Balaban J connectivity index is -0.000000150. The van der Waals surface area contributed by atoms with E-state index in [0.717, 1.165) is 0 Å². The summed E-state index contributed by atoms with van der Waals surface area (Å²) in [5.74, 6) is 0. The molecular formula is C2H4CaCl2O6P2+2. The summed E-state index contributed by atoms with van der Waals surface area (Å²) in [4.78, 5) is 17.9. The summed E-state index contributed by atoms with van der Waals surface area (Å²) in [6, 6.07) is 0. The Kier molecular flexibility index (Phi) is 21.7. The quantitative estimate of drug-likeness (QED) is 0.425. The van der Waals surface area contributed by atoms with Crippen molar-refractivity contribution < 1.29 is 28.3 Å².